The monoisotopic (exact) mass is 415 g/mol. The number of ether oxygens (including phenoxy) is 1. The highest BCUT2D eigenvalue weighted by atomic mass is 35.5. The number of rotatable bonds is 7. The van der Waals surface area contributed by atoms with E-state index in [0.717, 1.165) is 42.5 Å². The van der Waals surface area contributed by atoms with Gasteiger partial charge in [-0.3, -0.25) is 14.7 Å². The molecule has 2 aromatic rings. The Kier molecular flexibility index (Phi) is 7.64. The fraction of sp³-hybridized carbons (Fsp3) is 0.478. The molecule has 0 radical (unpaired) electrons. The van der Waals surface area contributed by atoms with E-state index in [1.807, 2.05) is 43.9 Å². The van der Waals surface area contributed by atoms with Crippen molar-refractivity contribution in [2.45, 2.75) is 33.3 Å². The first kappa shape index (κ1) is 21.8. The fourth-order valence-corrected chi connectivity index (χ4v) is 4.02. The minimum absolute atomic E-state index is 0.119. The van der Waals surface area contributed by atoms with Gasteiger partial charge in [-0.05, 0) is 62.6 Å². The maximum absolute atomic E-state index is 12.5. The molecule has 156 valence electrons. The molecule has 0 aliphatic carbocycles. The van der Waals surface area contributed by atoms with Gasteiger partial charge in [0.25, 0.3) is 0 Å². The molecule has 1 aliphatic rings. The van der Waals surface area contributed by atoms with E-state index in [1.54, 1.807) is 0 Å². The molecule has 1 amide bonds. The number of carbonyl (C=O) groups is 1. The molecule has 3 rings (SSSR count). The molecule has 0 N–H and O–H groups in total. The van der Waals surface area contributed by atoms with Crippen molar-refractivity contribution in [2.75, 3.05) is 39.3 Å². The van der Waals surface area contributed by atoms with E-state index < -0.39 is 0 Å². The summed E-state index contributed by atoms with van der Waals surface area (Å²) >= 11 is 6.13. The van der Waals surface area contributed by atoms with Gasteiger partial charge in [-0.1, -0.05) is 23.7 Å². The van der Waals surface area contributed by atoms with Crippen LogP contribution in [0.3, 0.4) is 0 Å². The number of benzene rings is 1. The number of pyridine rings is 1. The van der Waals surface area contributed by atoms with E-state index in [4.69, 9.17) is 21.3 Å². The average Bonchev–Trinajstić information content (AvgIpc) is 2.69. The van der Waals surface area contributed by atoms with Gasteiger partial charge in [0.2, 0.25) is 5.91 Å². The molecular formula is C23H30ClN3O2. The predicted molar refractivity (Wildman–Crippen MR) is 116 cm³/mol. The van der Waals surface area contributed by atoms with Crippen LogP contribution in [0.4, 0.5) is 0 Å². The van der Waals surface area contributed by atoms with Gasteiger partial charge in [0.05, 0.1) is 18.8 Å². The van der Waals surface area contributed by atoms with Gasteiger partial charge >= 0.3 is 0 Å². The van der Waals surface area contributed by atoms with Gasteiger partial charge in [-0.15, -0.1) is 0 Å². The number of halogens is 1. The third-order valence-electron chi connectivity index (χ3n) is 5.29. The van der Waals surface area contributed by atoms with E-state index in [0.29, 0.717) is 19.7 Å². The molecule has 1 aliphatic heterocycles. The van der Waals surface area contributed by atoms with Gasteiger partial charge in [0, 0.05) is 36.9 Å². The molecule has 1 atom stereocenters. The molecule has 0 spiro atoms. The summed E-state index contributed by atoms with van der Waals surface area (Å²) in [7, 11) is 0. The van der Waals surface area contributed by atoms with Crippen LogP contribution in [0.5, 0.6) is 0 Å². The third-order valence-corrected chi connectivity index (χ3v) is 5.52. The minimum atomic E-state index is -0.119. The van der Waals surface area contributed by atoms with Crippen molar-refractivity contribution in [3.8, 4) is 0 Å². The smallest absolute Gasteiger partial charge is 0.236 e. The summed E-state index contributed by atoms with van der Waals surface area (Å²) in [6.07, 6.45) is 0.680. The number of nitrogens with zero attached hydrogens (tertiary/aromatic N) is 3. The molecule has 6 heteroatoms. The van der Waals surface area contributed by atoms with Crippen LogP contribution in [0.15, 0.2) is 36.4 Å². The second kappa shape index (κ2) is 10.2. The van der Waals surface area contributed by atoms with Crippen molar-refractivity contribution in [2.24, 2.45) is 0 Å². The summed E-state index contributed by atoms with van der Waals surface area (Å²) < 4.78 is 6.02. The van der Waals surface area contributed by atoms with Gasteiger partial charge in [0.1, 0.15) is 6.10 Å². The maximum atomic E-state index is 12.5. The average molecular weight is 416 g/mol. The molecular weight excluding hydrogens is 386 g/mol. The first-order valence-corrected chi connectivity index (χ1v) is 10.7. The highest BCUT2D eigenvalue weighted by Gasteiger charge is 2.26. The lowest BCUT2D eigenvalue weighted by Gasteiger charge is -2.33. The molecule has 0 bridgehead atoms. The van der Waals surface area contributed by atoms with Crippen LogP contribution in [0.1, 0.15) is 42.5 Å². The van der Waals surface area contributed by atoms with E-state index in [1.165, 1.54) is 11.1 Å². The minimum Gasteiger partial charge on any atom is -0.369 e. The molecule has 1 aromatic heterocycles. The Bertz CT molecular complexity index is 839. The van der Waals surface area contributed by atoms with E-state index in [9.17, 15) is 4.79 Å². The molecule has 5 nitrogen and oxygen atoms in total. The summed E-state index contributed by atoms with van der Waals surface area (Å²) in [6.45, 7) is 10.0. The van der Waals surface area contributed by atoms with Crippen LogP contribution in [0.25, 0.3) is 0 Å². The Morgan fingerprint density at radius 2 is 2.03 bits per heavy atom. The molecule has 1 fully saturated rings. The molecule has 29 heavy (non-hydrogen) atoms. The Labute approximate surface area is 178 Å². The number of hydrogen-bond donors (Lipinski definition) is 0. The second-order valence-corrected chi connectivity index (χ2v) is 7.95. The fourth-order valence-electron chi connectivity index (χ4n) is 3.81. The predicted octanol–water partition coefficient (Wildman–Crippen LogP) is 3.88. The first-order chi connectivity index (χ1) is 14.0. The molecule has 2 heterocycles. The summed E-state index contributed by atoms with van der Waals surface area (Å²) in [6, 6.07) is 12.2. The van der Waals surface area contributed by atoms with Crippen molar-refractivity contribution >= 4 is 17.5 Å². The lowest BCUT2D eigenvalue weighted by atomic mass is 10.0. The Balaban J connectivity index is 1.71. The second-order valence-electron chi connectivity index (χ2n) is 7.51. The number of likely N-dealkylation sites (N-methyl/N-ethyl adjacent to an activating group) is 1. The van der Waals surface area contributed by atoms with Crippen molar-refractivity contribution in [1.82, 2.24) is 14.8 Å². The van der Waals surface area contributed by atoms with Gasteiger partial charge in [-0.25, -0.2) is 0 Å². The normalized spacial score (nSPS) is 17.3. The molecule has 0 saturated carbocycles. The summed E-state index contributed by atoms with van der Waals surface area (Å²) in [5.74, 6) is 0.175. The van der Waals surface area contributed by atoms with E-state index in [2.05, 4.69) is 23.1 Å². The maximum Gasteiger partial charge on any atom is 0.236 e. The number of amides is 1. The zero-order chi connectivity index (χ0) is 20.8. The van der Waals surface area contributed by atoms with Crippen molar-refractivity contribution in [1.29, 1.82) is 0 Å². The Morgan fingerprint density at radius 3 is 2.76 bits per heavy atom. The van der Waals surface area contributed by atoms with Crippen LogP contribution in [-0.2, 0) is 16.0 Å². The molecule has 1 aromatic carbocycles. The van der Waals surface area contributed by atoms with Crippen LogP contribution in [0.2, 0.25) is 5.02 Å². The van der Waals surface area contributed by atoms with Crippen LogP contribution >= 0.6 is 11.6 Å². The van der Waals surface area contributed by atoms with Crippen molar-refractivity contribution in [3.63, 3.8) is 0 Å². The number of morpholine rings is 1. The summed E-state index contributed by atoms with van der Waals surface area (Å²) in [5, 5.41) is 0.748. The Hall–Kier alpha value is -1.95. The highest BCUT2D eigenvalue weighted by molar-refractivity contribution is 6.30. The van der Waals surface area contributed by atoms with Gasteiger partial charge in [-0.2, -0.15) is 0 Å². The number of aryl methyl sites for hydroxylation is 1. The first-order valence-electron chi connectivity index (χ1n) is 10.3. The van der Waals surface area contributed by atoms with E-state index >= 15 is 0 Å². The zero-order valence-corrected chi connectivity index (χ0v) is 18.3. The standard InChI is InChI=1S/C23H30ClN3O2/c1-4-27(5-2)23(28)16-26-9-10-29-22(15-26)21-14-19(11-17(3)25-21)12-18-7-6-8-20(24)13-18/h6-8,11,13-14,22H,4-5,9-10,12,15-16H2,1-3H3/t22-/m0/s1. The quantitative estimate of drug-likeness (QED) is 0.688. The molecule has 1 saturated heterocycles. The van der Waals surface area contributed by atoms with Gasteiger partial charge in [0.15, 0.2) is 0 Å². The largest absolute Gasteiger partial charge is 0.369 e. The lowest BCUT2D eigenvalue weighted by molar-refractivity contribution is -0.134. The highest BCUT2D eigenvalue weighted by Crippen LogP contribution is 2.24. The van der Waals surface area contributed by atoms with Crippen LogP contribution < -0.4 is 0 Å². The van der Waals surface area contributed by atoms with E-state index in [-0.39, 0.29) is 12.0 Å². The summed E-state index contributed by atoms with van der Waals surface area (Å²) in [5.41, 5.74) is 4.27. The van der Waals surface area contributed by atoms with Crippen molar-refractivity contribution in [3.05, 3.63) is 63.9 Å². The van der Waals surface area contributed by atoms with Crippen molar-refractivity contribution < 1.29 is 9.53 Å². The SMILES string of the molecule is CCN(CC)C(=O)CN1CCO[C@H](c2cc(Cc3cccc(Cl)c3)cc(C)n2)C1. The van der Waals surface area contributed by atoms with Crippen LogP contribution in [-0.4, -0.2) is 60.0 Å². The molecule has 0 unspecified atom stereocenters. The lowest BCUT2D eigenvalue weighted by Crippen LogP contribution is -2.45. The summed E-state index contributed by atoms with van der Waals surface area (Å²) in [4.78, 5) is 21.2. The number of carbonyl (C=O) groups excluding carboxylic acids is 1. The number of hydrogen-bond acceptors (Lipinski definition) is 4. The topological polar surface area (TPSA) is 45.7 Å². The van der Waals surface area contributed by atoms with Crippen LogP contribution in [0, 0.1) is 6.92 Å². The third kappa shape index (κ3) is 6.01. The Morgan fingerprint density at radius 1 is 1.24 bits per heavy atom. The zero-order valence-electron chi connectivity index (χ0n) is 17.5. The number of aromatic nitrogens is 1. The van der Waals surface area contributed by atoms with Gasteiger partial charge < -0.3 is 9.64 Å².